The van der Waals surface area contributed by atoms with Gasteiger partial charge in [0.2, 0.25) is 5.95 Å². The van der Waals surface area contributed by atoms with Crippen LogP contribution in [0.3, 0.4) is 0 Å². The summed E-state index contributed by atoms with van der Waals surface area (Å²) in [5, 5.41) is 3.66. The lowest BCUT2D eigenvalue weighted by Gasteiger charge is -2.42. The van der Waals surface area contributed by atoms with Crippen LogP contribution in [0.5, 0.6) is 0 Å². The molecule has 2 aromatic heterocycles. The number of nitrogens with zero attached hydrogens (tertiary/aromatic N) is 6. The molecule has 2 aliphatic rings. The third kappa shape index (κ3) is 4.66. The molecule has 0 amide bonds. The number of likely N-dealkylation sites (N-methyl/N-ethyl adjacent to an activating group) is 1. The standard InChI is InChI=1S/C19H26ClN7/c1-25-8-10-26(11-9-25)17-4-6-27(7-5-17)18-3-2-16(14-21-18)24-19-22-12-15(20)13-23-19/h2-3,12-14,17H,4-11H2,1H3,(H,22,23,24). The second kappa shape index (κ2) is 8.37. The zero-order valence-corrected chi connectivity index (χ0v) is 16.4. The number of hydrogen-bond acceptors (Lipinski definition) is 7. The Morgan fingerprint density at radius 2 is 1.63 bits per heavy atom. The fourth-order valence-electron chi connectivity index (χ4n) is 3.80. The fraction of sp³-hybridized carbons (Fsp3) is 0.526. The predicted molar refractivity (Wildman–Crippen MR) is 109 cm³/mol. The van der Waals surface area contributed by atoms with E-state index in [1.165, 1.54) is 39.0 Å². The Labute approximate surface area is 165 Å². The van der Waals surface area contributed by atoms with Crippen molar-refractivity contribution in [1.82, 2.24) is 24.8 Å². The van der Waals surface area contributed by atoms with Gasteiger partial charge in [-0.05, 0) is 32.0 Å². The Kier molecular flexibility index (Phi) is 5.71. The van der Waals surface area contributed by atoms with Gasteiger partial charge in [0.15, 0.2) is 0 Å². The van der Waals surface area contributed by atoms with Crippen LogP contribution in [0.15, 0.2) is 30.7 Å². The van der Waals surface area contributed by atoms with Crippen LogP contribution in [0.25, 0.3) is 0 Å². The smallest absolute Gasteiger partial charge is 0.227 e. The van der Waals surface area contributed by atoms with E-state index < -0.39 is 0 Å². The molecule has 0 unspecified atom stereocenters. The first kappa shape index (κ1) is 18.4. The average molecular weight is 388 g/mol. The summed E-state index contributed by atoms with van der Waals surface area (Å²) in [6, 6.07) is 4.80. The van der Waals surface area contributed by atoms with Gasteiger partial charge >= 0.3 is 0 Å². The lowest BCUT2D eigenvalue weighted by Crippen LogP contribution is -2.52. The Morgan fingerprint density at radius 1 is 0.926 bits per heavy atom. The molecular formula is C19H26ClN7. The number of rotatable bonds is 4. The molecular weight excluding hydrogens is 362 g/mol. The zero-order valence-electron chi connectivity index (χ0n) is 15.7. The summed E-state index contributed by atoms with van der Waals surface area (Å²) in [5.74, 6) is 1.55. The molecule has 2 aromatic rings. The van der Waals surface area contributed by atoms with Crippen molar-refractivity contribution in [2.45, 2.75) is 18.9 Å². The van der Waals surface area contributed by atoms with E-state index in [0.717, 1.165) is 30.6 Å². The molecule has 8 heteroatoms. The van der Waals surface area contributed by atoms with Crippen molar-refractivity contribution in [2.75, 3.05) is 56.5 Å². The van der Waals surface area contributed by atoms with Gasteiger partial charge in [0.1, 0.15) is 5.82 Å². The topological polar surface area (TPSA) is 60.4 Å². The molecule has 0 spiro atoms. The first-order valence-corrected chi connectivity index (χ1v) is 9.93. The molecule has 0 radical (unpaired) electrons. The van der Waals surface area contributed by atoms with Crippen molar-refractivity contribution in [3.63, 3.8) is 0 Å². The van der Waals surface area contributed by atoms with Crippen LogP contribution in [0, 0.1) is 0 Å². The molecule has 0 saturated carbocycles. The quantitative estimate of drug-likeness (QED) is 0.864. The second-order valence-corrected chi connectivity index (χ2v) is 7.75. The minimum absolute atomic E-state index is 0.516. The summed E-state index contributed by atoms with van der Waals surface area (Å²) in [4.78, 5) is 20.4. The zero-order chi connectivity index (χ0) is 18.6. The van der Waals surface area contributed by atoms with E-state index in [1.807, 2.05) is 12.3 Å². The van der Waals surface area contributed by atoms with Crippen LogP contribution in [-0.2, 0) is 0 Å². The van der Waals surface area contributed by atoms with E-state index in [-0.39, 0.29) is 0 Å². The maximum absolute atomic E-state index is 5.81. The third-order valence-corrected chi connectivity index (χ3v) is 5.66. The monoisotopic (exact) mass is 387 g/mol. The van der Waals surface area contributed by atoms with Gasteiger partial charge in [-0.2, -0.15) is 0 Å². The summed E-state index contributed by atoms with van der Waals surface area (Å²) in [6.07, 6.45) is 7.40. The molecule has 2 saturated heterocycles. The van der Waals surface area contributed by atoms with Crippen LogP contribution in [0.4, 0.5) is 17.5 Å². The van der Waals surface area contributed by atoms with Gasteiger partial charge in [-0.1, -0.05) is 11.6 Å². The van der Waals surface area contributed by atoms with Gasteiger partial charge in [-0.15, -0.1) is 0 Å². The van der Waals surface area contributed by atoms with Crippen LogP contribution in [0.1, 0.15) is 12.8 Å². The molecule has 0 atom stereocenters. The molecule has 0 aliphatic carbocycles. The molecule has 2 aliphatic heterocycles. The van der Waals surface area contributed by atoms with Gasteiger partial charge in [0.25, 0.3) is 0 Å². The summed E-state index contributed by atoms with van der Waals surface area (Å²) in [6.45, 7) is 6.91. The van der Waals surface area contributed by atoms with Gasteiger partial charge in [0, 0.05) is 45.3 Å². The molecule has 2 fully saturated rings. The van der Waals surface area contributed by atoms with Crippen molar-refractivity contribution >= 4 is 29.1 Å². The first-order chi connectivity index (χ1) is 13.2. The average Bonchev–Trinajstić information content (AvgIpc) is 2.71. The maximum Gasteiger partial charge on any atom is 0.227 e. The lowest BCUT2D eigenvalue weighted by molar-refractivity contribution is 0.0981. The number of aromatic nitrogens is 3. The fourth-order valence-corrected chi connectivity index (χ4v) is 3.90. The minimum atomic E-state index is 0.516. The lowest BCUT2D eigenvalue weighted by atomic mass is 10.0. The van der Waals surface area contributed by atoms with Crippen molar-refractivity contribution in [1.29, 1.82) is 0 Å². The van der Waals surface area contributed by atoms with E-state index in [0.29, 0.717) is 11.0 Å². The molecule has 1 N–H and O–H groups in total. The van der Waals surface area contributed by atoms with Crippen molar-refractivity contribution in [3.8, 4) is 0 Å². The number of hydrogen-bond donors (Lipinski definition) is 1. The van der Waals surface area contributed by atoms with Crippen LogP contribution in [-0.4, -0.2) is 77.1 Å². The van der Waals surface area contributed by atoms with E-state index in [9.17, 15) is 0 Å². The number of pyridine rings is 1. The molecule has 0 bridgehead atoms. The maximum atomic E-state index is 5.81. The molecule has 0 aromatic carbocycles. The molecule has 144 valence electrons. The second-order valence-electron chi connectivity index (χ2n) is 7.31. The minimum Gasteiger partial charge on any atom is -0.357 e. The van der Waals surface area contributed by atoms with Crippen LogP contribution >= 0.6 is 11.6 Å². The highest BCUT2D eigenvalue weighted by Gasteiger charge is 2.27. The number of piperazine rings is 1. The number of halogens is 1. The van der Waals surface area contributed by atoms with Gasteiger partial charge in [-0.25, -0.2) is 15.0 Å². The largest absolute Gasteiger partial charge is 0.357 e. The Balaban J connectivity index is 1.30. The Morgan fingerprint density at radius 3 is 2.26 bits per heavy atom. The predicted octanol–water partition coefficient (Wildman–Crippen LogP) is 2.48. The molecule has 7 nitrogen and oxygen atoms in total. The van der Waals surface area contributed by atoms with Crippen LogP contribution < -0.4 is 10.2 Å². The van der Waals surface area contributed by atoms with Crippen molar-refractivity contribution < 1.29 is 0 Å². The number of piperidine rings is 1. The third-order valence-electron chi connectivity index (χ3n) is 5.47. The summed E-state index contributed by atoms with van der Waals surface area (Å²) < 4.78 is 0. The number of anilines is 3. The Hall–Kier alpha value is -1.96. The number of nitrogens with one attached hydrogen (secondary N) is 1. The first-order valence-electron chi connectivity index (χ1n) is 9.55. The van der Waals surface area contributed by atoms with E-state index >= 15 is 0 Å². The summed E-state index contributed by atoms with van der Waals surface area (Å²) in [7, 11) is 2.21. The van der Waals surface area contributed by atoms with Crippen molar-refractivity contribution in [3.05, 3.63) is 35.7 Å². The molecule has 4 heterocycles. The SMILES string of the molecule is CN1CCN(C2CCN(c3ccc(Nc4ncc(Cl)cn4)cn3)CC2)CC1. The van der Waals surface area contributed by atoms with Crippen LogP contribution in [0.2, 0.25) is 5.02 Å². The molecule has 27 heavy (non-hydrogen) atoms. The highest BCUT2D eigenvalue weighted by Crippen LogP contribution is 2.23. The van der Waals surface area contributed by atoms with E-state index in [2.05, 4.69) is 48.1 Å². The van der Waals surface area contributed by atoms with E-state index in [4.69, 9.17) is 11.6 Å². The summed E-state index contributed by atoms with van der Waals surface area (Å²) in [5.41, 5.74) is 0.869. The van der Waals surface area contributed by atoms with Gasteiger partial charge in [0.05, 0.1) is 29.3 Å². The summed E-state index contributed by atoms with van der Waals surface area (Å²) >= 11 is 5.81. The van der Waals surface area contributed by atoms with E-state index in [1.54, 1.807) is 12.4 Å². The van der Waals surface area contributed by atoms with Gasteiger partial charge in [-0.3, -0.25) is 4.90 Å². The normalized spacial score (nSPS) is 20.0. The van der Waals surface area contributed by atoms with Gasteiger partial charge < -0.3 is 15.1 Å². The highest BCUT2D eigenvalue weighted by molar-refractivity contribution is 6.30. The van der Waals surface area contributed by atoms with Crippen molar-refractivity contribution in [2.24, 2.45) is 0 Å². The highest BCUT2D eigenvalue weighted by atomic mass is 35.5. The molecule has 4 rings (SSSR count). The Bertz CT molecular complexity index is 721.